The number of carbonyl (C=O) groups is 2. The number of carbonyl (C=O) groups excluding carboxylic acids is 2. The van der Waals surface area contributed by atoms with E-state index in [4.69, 9.17) is 4.74 Å². The van der Waals surface area contributed by atoms with E-state index in [0.29, 0.717) is 11.3 Å². The lowest BCUT2D eigenvalue weighted by molar-refractivity contribution is -0.918. The predicted molar refractivity (Wildman–Crippen MR) is 104 cm³/mol. The van der Waals surface area contributed by atoms with Crippen LogP contribution in [0.3, 0.4) is 0 Å². The van der Waals surface area contributed by atoms with E-state index in [1.165, 1.54) is 17.6 Å². The third kappa shape index (κ3) is 5.31. The van der Waals surface area contributed by atoms with Gasteiger partial charge in [0, 0.05) is 24.4 Å². The van der Waals surface area contributed by atoms with Crippen LogP contribution in [0.1, 0.15) is 28.8 Å². The predicted octanol–water partition coefficient (Wildman–Crippen LogP) is 1.84. The van der Waals surface area contributed by atoms with Gasteiger partial charge >= 0.3 is 12.0 Å². The number of methoxy groups -OCH3 is 1. The van der Waals surface area contributed by atoms with Crippen molar-refractivity contribution in [2.24, 2.45) is 0 Å². The quantitative estimate of drug-likeness (QED) is 0.705. The van der Waals surface area contributed by atoms with Crippen LogP contribution in [-0.4, -0.2) is 38.2 Å². The van der Waals surface area contributed by atoms with E-state index in [-0.39, 0.29) is 12.1 Å². The minimum Gasteiger partial charge on any atom is -0.465 e. The molecule has 0 unspecified atom stereocenters. The zero-order valence-corrected chi connectivity index (χ0v) is 15.5. The Labute approximate surface area is 159 Å². The van der Waals surface area contributed by atoms with Gasteiger partial charge in [0.1, 0.15) is 6.54 Å². The summed E-state index contributed by atoms with van der Waals surface area (Å²) in [7, 11) is 1.32. The Balaban J connectivity index is 1.48. The molecule has 0 bridgehead atoms. The van der Waals surface area contributed by atoms with Gasteiger partial charge < -0.3 is 20.3 Å². The van der Waals surface area contributed by atoms with Gasteiger partial charge in [-0.1, -0.05) is 42.5 Å². The number of para-hydroxylation sites is 1. The molecule has 0 aromatic heterocycles. The second kappa shape index (κ2) is 9.19. The van der Waals surface area contributed by atoms with Crippen molar-refractivity contribution in [1.29, 1.82) is 0 Å². The molecule has 1 saturated heterocycles. The second-order valence-corrected chi connectivity index (χ2v) is 6.82. The number of likely N-dealkylation sites (tertiary alicyclic amines) is 1. The molecule has 2 aromatic rings. The number of amides is 2. The van der Waals surface area contributed by atoms with Crippen molar-refractivity contribution in [3.8, 4) is 0 Å². The van der Waals surface area contributed by atoms with Gasteiger partial charge in [0.2, 0.25) is 0 Å². The van der Waals surface area contributed by atoms with Crippen molar-refractivity contribution in [1.82, 2.24) is 5.32 Å². The number of urea groups is 1. The Morgan fingerprint density at radius 1 is 1.04 bits per heavy atom. The standard InChI is InChI=1S/C21H25N3O3/c1-27-20(25)18-9-5-6-10-19(18)23-21(26)22-17-11-13-24(14-12-17)15-16-7-3-2-4-8-16/h2-10,17H,11-15H2,1H3,(H2,22,23,26)/p+1. The fraction of sp³-hybridized carbons (Fsp3) is 0.333. The molecule has 3 N–H and O–H groups in total. The fourth-order valence-corrected chi connectivity index (χ4v) is 3.46. The summed E-state index contributed by atoms with van der Waals surface area (Å²) in [5.74, 6) is -0.469. The molecule has 2 aromatic carbocycles. The van der Waals surface area contributed by atoms with E-state index in [9.17, 15) is 9.59 Å². The molecule has 27 heavy (non-hydrogen) atoms. The molecule has 0 spiro atoms. The zero-order chi connectivity index (χ0) is 19.1. The first-order chi connectivity index (χ1) is 13.2. The minimum absolute atomic E-state index is 0.148. The van der Waals surface area contributed by atoms with Gasteiger partial charge in [0.15, 0.2) is 0 Å². The van der Waals surface area contributed by atoms with Crippen LogP contribution in [0.2, 0.25) is 0 Å². The molecule has 1 aliphatic rings. The first kappa shape index (κ1) is 18.9. The van der Waals surface area contributed by atoms with Crippen molar-refractivity contribution in [2.45, 2.75) is 25.4 Å². The Hall–Kier alpha value is -2.86. The molecular weight excluding hydrogens is 342 g/mol. The number of rotatable bonds is 5. The Morgan fingerprint density at radius 2 is 1.70 bits per heavy atom. The van der Waals surface area contributed by atoms with Gasteiger partial charge in [0.05, 0.1) is 31.5 Å². The molecule has 1 heterocycles. The lowest BCUT2D eigenvalue weighted by Gasteiger charge is -2.29. The summed E-state index contributed by atoms with van der Waals surface area (Å²) >= 11 is 0. The van der Waals surface area contributed by atoms with Crippen LogP contribution >= 0.6 is 0 Å². The minimum atomic E-state index is -0.469. The van der Waals surface area contributed by atoms with Crippen LogP contribution in [0, 0.1) is 0 Å². The Morgan fingerprint density at radius 3 is 2.41 bits per heavy atom. The zero-order valence-electron chi connectivity index (χ0n) is 15.5. The molecule has 1 fully saturated rings. The summed E-state index contributed by atoms with van der Waals surface area (Å²) in [4.78, 5) is 25.7. The van der Waals surface area contributed by atoms with Crippen molar-refractivity contribution in [2.75, 3.05) is 25.5 Å². The first-order valence-corrected chi connectivity index (χ1v) is 9.28. The van der Waals surface area contributed by atoms with E-state index < -0.39 is 5.97 Å². The number of piperidine rings is 1. The maximum atomic E-state index is 12.3. The molecule has 2 amide bonds. The number of benzene rings is 2. The summed E-state index contributed by atoms with van der Waals surface area (Å²) in [5, 5.41) is 5.79. The molecule has 142 valence electrons. The van der Waals surface area contributed by atoms with Gasteiger partial charge in [-0.05, 0) is 12.1 Å². The first-order valence-electron chi connectivity index (χ1n) is 9.28. The normalized spacial score (nSPS) is 19.1. The second-order valence-electron chi connectivity index (χ2n) is 6.82. The summed E-state index contributed by atoms with van der Waals surface area (Å²) in [5.41, 5.74) is 2.14. The smallest absolute Gasteiger partial charge is 0.339 e. The van der Waals surface area contributed by atoms with E-state index in [1.54, 1.807) is 24.3 Å². The van der Waals surface area contributed by atoms with E-state index in [1.807, 2.05) is 6.07 Å². The number of esters is 1. The largest absolute Gasteiger partial charge is 0.465 e. The maximum absolute atomic E-state index is 12.3. The molecule has 0 atom stereocenters. The van der Waals surface area contributed by atoms with Crippen LogP contribution in [-0.2, 0) is 11.3 Å². The molecule has 6 nitrogen and oxygen atoms in total. The maximum Gasteiger partial charge on any atom is 0.339 e. The van der Waals surface area contributed by atoms with E-state index >= 15 is 0 Å². The topological polar surface area (TPSA) is 71.9 Å². The highest BCUT2D eigenvalue weighted by Crippen LogP contribution is 2.16. The number of anilines is 1. The van der Waals surface area contributed by atoms with Gasteiger partial charge in [0.25, 0.3) is 0 Å². The molecule has 0 radical (unpaired) electrons. The molecule has 3 rings (SSSR count). The molecule has 6 heteroatoms. The van der Waals surface area contributed by atoms with Crippen LogP contribution in [0.4, 0.5) is 10.5 Å². The molecule has 1 aliphatic heterocycles. The van der Waals surface area contributed by atoms with Gasteiger partial charge in [-0.2, -0.15) is 0 Å². The highest BCUT2D eigenvalue weighted by atomic mass is 16.5. The summed E-state index contributed by atoms with van der Waals surface area (Å²) in [6.07, 6.45) is 1.88. The fourth-order valence-electron chi connectivity index (χ4n) is 3.46. The van der Waals surface area contributed by atoms with Crippen LogP contribution in [0.25, 0.3) is 0 Å². The van der Waals surface area contributed by atoms with Gasteiger partial charge in [-0.3, -0.25) is 0 Å². The van der Waals surface area contributed by atoms with E-state index in [0.717, 1.165) is 32.5 Å². The number of ether oxygens (including phenoxy) is 1. The monoisotopic (exact) mass is 368 g/mol. The highest BCUT2D eigenvalue weighted by Gasteiger charge is 2.24. The van der Waals surface area contributed by atoms with Crippen LogP contribution in [0.5, 0.6) is 0 Å². The van der Waals surface area contributed by atoms with E-state index in [2.05, 4.69) is 34.9 Å². The number of hydrogen-bond donors (Lipinski definition) is 3. The Bertz CT molecular complexity index is 771. The number of quaternary nitrogens is 1. The average Bonchev–Trinajstić information content (AvgIpc) is 2.70. The number of nitrogens with one attached hydrogen (secondary N) is 3. The summed E-state index contributed by atoms with van der Waals surface area (Å²) < 4.78 is 4.76. The highest BCUT2D eigenvalue weighted by molar-refractivity contribution is 6.00. The van der Waals surface area contributed by atoms with Crippen molar-refractivity contribution in [3.05, 3.63) is 65.7 Å². The van der Waals surface area contributed by atoms with Crippen LogP contribution in [0.15, 0.2) is 54.6 Å². The van der Waals surface area contributed by atoms with Gasteiger partial charge in [-0.15, -0.1) is 0 Å². The average molecular weight is 368 g/mol. The Kier molecular flexibility index (Phi) is 6.44. The lowest BCUT2D eigenvalue weighted by atomic mass is 10.0. The van der Waals surface area contributed by atoms with Crippen molar-refractivity contribution in [3.63, 3.8) is 0 Å². The molecule has 0 saturated carbocycles. The molecule has 0 aliphatic carbocycles. The SMILES string of the molecule is COC(=O)c1ccccc1NC(=O)NC1CC[NH+](Cc2ccccc2)CC1. The molecular formula is C21H26N3O3+. The van der Waals surface area contributed by atoms with Crippen molar-refractivity contribution >= 4 is 17.7 Å². The van der Waals surface area contributed by atoms with Crippen molar-refractivity contribution < 1.29 is 19.2 Å². The number of hydrogen-bond acceptors (Lipinski definition) is 3. The third-order valence-electron chi connectivity index (χ3n) is 4.91. The van der Waals surface area contributed by atoms with Crippen LogP contribution < -0.4 is 15.5 Å². The third-order valence-corrected chi connectivity index (χ3v) is 4.91. The van der Waals surface area contributed by atoms with Gasteiger partial charge in [-0.25, -0.2) is 9.59 Å². The summed E-state index contributed by atoms with van der Waals surface area (Å²) in [6, 6.07) is 17.2. The lowest BCUT2D eigenvalue weighted by Crippen LogP contribution is -3.12. The summed E-state index contributed by atoms with van der Waals surface area (Å²) in [6.45, 7) is 3.07.